The van der Waals surface area contributed by atoms with E-state index in [2.05, 4.69) is 16.0 Å². The van der Waals surface area contributed by atoms with Gasteiger partial charge in [-0.1, -0.05) is 48.5 Å². The number of carbonyl (C=O) groups excluding carboxylic acids is 4. The molecule has 5 rings (SSSR count). The monoisotopic (exact) mass is 685 g/mol. The van der Waals surface area contributed by atoms with Gasteiger partial charge in [-0.15, -0.1) is 11.8 Å². The number of anilines is 2. The van der Waals surface area contributed by atoms with Gasteiger partial charge in [0, 0.05) is 33.0 Å². The number of hydrogen-bond acceptors (Lipinski definition) is 7. The first-order valence-electron chi connectivity index (χ1n) is 15.6. The SMILES string of the molecule is COc1ccc(OC)c(/C=C(\NC(=O)c2ccccc2)C(=O)Nc2ccc(SC(C(=O)Nc3ccc(C(C)=O)cc3)c3ccccc3)cc2)c1. The molecule has 5 aromatic carbocycles. The molecule has 9 nitrogen and oxygen atoms in total. The van der Waals surface area contributed by atoms with Crippen LogP contribution in [0.4, 0.5) is 11.4 Å². The van der Waals surface area contributed by atoms with Crippen molar-refractivity contribution in [2.24, 2.45) is 0 Å². The normalized spacial score (nSPS) is 11.5. The number of thioether (sulfide) groups is 1. The average molecular weight is 686 g/mol. The molecule has 0 heterocycles. The van der Waals surface area contributed by atoms with Crippen LogP contribution in [-0.4, -0.2) is 37.7 Å². The third-order valence-corrected chi connectivity index (χ3v) is 8.80. The van der Waals surface area contributed by atoms with E-state index in [9.17, 15) is 19.2 Å². The van der Waals surface area contributed by atoms with Crippen LogP contribution < -0.4 is 25.4 Å². The second kappa shape index (κ2) is 16.8. The maximum absolute atomic E-state index is 13.7. The van der Waals surface area contributed by atoms with Gasteiger partial charge < -0.3 is 25.4 Å². The largest absolute Gasteiger partial charge is 0.497 e. The Labute approximate surface area is 294 Å². The molecule has 3 amide bonds. The van der Waals surface area contributed by atoms with Crippen molar-refractivity contribution in [3.8, 4) is 11.5 Å². The molecule has 0 spiro atoms. The quantitative estimate of drug-likeness (QED) is 0.0657. The zero-order valence-electron chi connectivity index (χ0n) is 27.6. The van der Waals surface area contributed by atoms with Crippen LogP contribution in [0.15, 0.2) is 138 Å². The van der Waals surface area contributed by atoms with Gasteiger partial charge in [-0.05, 0) is 97.4 Å². The molecule has 50 heavy (non-hydrogen) atoms. The lowest BCUT2D eigenvalue weighted by molar-refractivity contribution is -0.116. The number of rotatable bonds is 13. The summed E-state index contributed by atoms with van der Waals surface area (Å²) in [6, 6.07) is 37.0. The number of methoxy groups -OCH3 is 2. The van der Waals surface area contributed by atoms with E-state index in [4.69, 9.17) is 9.47 Å². The van der Waals surface area contributed by atoms with Crippen LogP contribution >= 0.6 is 11.8 Å². The van der Waals surface area contributed by atoms with E-state index in [1.807, 2.05) is 42.5 Å². The molecule has 10 heteroatoms. The highest BCUT2D eigenvalue weighted by Crippen LogP contribution is 2.37. The first-order chi connectivity index (χ1) is 24.2. The van der Waals surface area contributed by atoms with Crippen molar-refractivity contribution >= 4 is 52.7 Å². The smallest absolute Gasteiger partial charge is 0.272 e. The zero-order valence-corrected chi connectivity index (χ0v) is 28.5. The Bertz CT molecular complexity index is 2000. The van der Waals surface area contributed by atoms with Gasteiger partial charge in [0.2, 0.25) is 5.91 Å². The van der Waals surface area contributed by atoms with Crippen molar-refractivity contribution in [2.75, 3.05) is 24.9 Å². The predicted molar refractivity (Wildman–Crippen MR) is 197 cm³/mol. The summed E-state index contributed by atoms with van der Waals surface area (Å²) in [5.41, 5.74) is 3.32. The van der Waals surface area contributed by atoms with E-state index in [1.54, 1.807) is 84.9 Å². The molecule has 252 valence electrons. The third-order valence-electron chi connectivity index (χ3n) is 7.53. The van der Waals surface area contributed by atoms with Crippen molar-refractivity contribution in [1.29, 1.82) is 0 Å². The lowest BCUT2D eigenvalue weighted by Gasteiger charge is -2.18. The molecular formula is C40H35N3O6S. The second-order valence-corrected chi connectivity index (χ2v) is 12.2. The van der Waals surface area contributed by atoms with Crippen LogP contribution in [0.2, 0.25) is 0 Å². The number of Topliss-reactive ketones (excluding diaryl/α,β-unsaturated/α-hetero) is 1. The molecule has 0 aromatic heterocycles. The first-order valence-corrected chi connectivity index (χ1v) is 16.5. The predicted octanol–water partition coefficient (Wildman–Crippen LogP) is 7.79. The van der Waals surface area contributed by atoms with Gasteiger partial charge >= 0.3 is 0 Å². The molecule has 0 bridgehead atoms. The Hall–Kier alpha value is -6.13. The second-order valence-electron chi connectivity index (χ2n) is 11.0. The summed E-state index contributed by atoms with van der Waals surface area (Å²) in [7, 11) is 3.05. The van der Waals surface area contributed by atoms with E-state index in [-0.39, 0.29) is 17.4 Å². The van der Waals surface area contributed by atoms with Crippen LogP contribution in [-0.2, 0) is 9.59 Å². The van der Waals surface area contributed by atoms with Crippen molar-refractivity contribution < 1.29 is 28.7 Å². The lowest BCUT2D eigenvalue weighted by atomic mass is 10.1. The van der Waals surface area contributed by atoms with Gasteiger partial charge in [-0.3, -0.25) is 19.2 Å². The molecule has 5 aromatic rings. The van der Waals surface area contributed by atoms with Gasteiger partial charge in [0.15, 0.2) is 5.78 Å². The van der Waals surface area contributed by atoms with E-state index >= 15 is 0 Å². The fourth-order valence-corrected chi connectivity index (χ4v) is 5.92. The molecule has 0 fully saturated rings. The van der Waals surface area contributed by atoms with Crippen molar-refractivity contribution in [3.05, 3.63) is 155 Å². The molecule has 0 radical (unpaired) electrons. The Kier molecular flexibility index (Phi) is 11.8. The van der Waals surface area contributed by atoms with E-state index < -0.39 is 17.1 Å². The topological polar surface area (TPSA) is 123 Å². The molecule has 3 N–H and O–H groups in total. The van der Waals surface area contributed by atoms with Crippen LogP contribution in [0, 0.1) is 0 Å². The van der Waals surface area contributed by atoms with Crippen LogP contribution in [0.25, 0.3) is 6.08 Å². The number of amides is 3. The van der Waals surface area contributed by atoms with Crippen LogP contribution in [0.5, 0.6) is 11.5 Å². The van der Waals surface area contributed by atoms with Crippen LogP contribution in [0.3, 0.4) is 0 Å². The van der Waals surface area contributed by atoms with Gasteiger partial charge in [-0.25, -0.2) is 0 Å². The van der Waals surface area contributed by atoms with Crippen molar-refractivity contribution in [1.82, 2.24) is 5.32 Å². The number of carbonyl (C=O) groups is 4. The highest BCUT2D eigenvalue weighted by atomic mass is 32.2. The van der Waals surface area contributed by atoms with E-state index in [0.717, 1.165) is 10.5 Å². The highest BCUT2D eigenvalue weighted by molar-refractivity contribution is 8.00. The summed E-state index contributed by atoms with van der Waals surface area (Å²) in [5.74, 6) is -0.269. The maximum atomic E-state index is 13.7. The van der Waals surface area contributed by atoms with Crippen molar-refractivity contribution in [2.45, 2.75) is 17.1 Å². The lowest BCUT2D eigenvalue weighted by Crippen LogP contribution is -2.30. The number of benzene rings is 5. The summed E-state index contributed by atoms with van der Waals surface area (Å²) in [6.45, 7) is 1.49. The molecule has 0 saturated carbocycles. The summed E-state index contributed by atoms with van der Waals surface area (Å²) in [4.78, 5) is 52.8. The summed E-state index contributed by atoms with van der Waals surface area (Å²) >= 11 is 1.35. The molecule has 1 atom stereocenters. The summed E-state index contributed by atoms with van der Waals surface area (Å²) < 4.78 is 10.8. The minimum absolute atomic E-state index is 0.0130. The molecule has 0 aliphatic heterocycles. The van der Waals surface area contributed by atoms with Crippen LogP contribution in [0.1, 0.15) is 44.0 Å². The summed E-state index contributed by atoms with van der Waals surface area (Å²) in [6.07, 6.45) is 1.53. The Morgan fingerprint density at radius 1 is 0.680 bits per heavy atom. The Balaban J connectivity index is 1.35. The Morgan fingerprint density at radius 2 is 1.30 bits per heavy atom. The fraction of sp³-hybridized carbons (Fsp3) is 0.100. The fourth-order valence-electron chi connectivity index (χ4n) is 4.90. The molecule has 1 unspecified atom stereocenters. The molecule has 0 aliphatic carbocycles. The third kappa shape index (κ3) is 9.27. The highest BCUT2D eigenvalue weighted by Gasteiger charge is 2.23. The van der Waals surface area contributed by atoms with Gasteiger partial charge in [0.05, 0.1) is 14.2 Å². The maximum Gasteiger partial charge on any atom is 0.272 e. The minimum Gasteiger partial charge on any atom is -0.497 e. The van der Waals surface area contributed by atoms with E-state index in [0.29, 0.717) is 39.6 Å². The average Bonchev–Trinajstić information content (AvgIpc) is 3.15. The van der Waals surface area contributed by atoms with Gasteiger partial charge in [0.1, 0.15) is 22.4 Å². The summed E-state index contributed by atoms with van der Waals surface area (Å²) in [5, 5.41) is 7.96. The zero-order chi connectivity index (χ0) is 35.5. The number of nitrogens with one attached hydrogen (secondary N) is 3. The van der Waals surface area contributed by atoms with E-state index in [1.165, 1.54) is 39.0 Å². The molecular weight excluding hydrogens is 651 g/mol. The standard InChI is InChI=1S/C40H35N3O6S/c1-26(44)27-14-16-31(17-15-27)42-40(47)37(28-10-6-4-7-11-28)50-34-21-18-32(19-22-34)41-39(46)35(43-38(45)29-12-8-5-9-13-29)25-30-24-33(48-2)20-23-36(30)49-3/h4-25,37H,1-3H3,(H,41,46)(H,42,47)(H,43,45)/b35-25-. The van der Waals surface area contributed by atoms with Crippen molar-refractivity contribution in [3.63, 3.8) is 0 Å². The molecule has 0 saturated heterocycles. The Morgan fingerprint density at radius 3 is 1.92 bits per heavy atom. The number of ketones is 1. The minimum atomic E-state index is -0.593. The number of hydrogen-bond donors (Lipinski definition) is 3. The van der Waals surface area contributed by atoms with Gasteiger partial charge in [0.25, 0.3) is 11.8 Å². The first kappa shape index (κ1) is 35.2. The number of ether oxygens (including phenoxy) is 2. The van der Waals surface area contributed by atoms with Gasteiger partial charge in [-0.2, -0.15) is 0 Å². The molecule has 0 aliphatic rings.